The smallest absolute Gasteiger partial charge is 0.274 e. The Morgan fingerprint density at radius 2 is 1.90 bits per heavy atom. The summed E-state index contributed by atoms with van der Waals surface area (Å²) in [5.41, 5.74) is 2.40. The Labute approximate surface area is 128 Å². The molecule has 0 unspecified atom stereocenters. The third-order valence-corrected chi connectivity index (χ3v) is 3.55. The maximum Gasteiger partial charge on any atom is 0.274 e. The van der Waals surface area contributed by atoms with Gasteiger partial charge in [-0.25, -0.2) is 4.98 Å². The van der Waals surface area contributed by atoms with E-state index < -0.39 is 0 Å². The second kappa shape index (κ2) is 6.25. The average molecular weight is 309 g/mol. The van der Waals surface area contributed by atoms with E-state index in [2.05, 4.69) is 4.98 Å². The third-order valence-electron chi connectivity index (χ3n) is 3.03. The summed E-state index contributed by atoms with van der Waals surface area (Å²) in [7, 11) is 1.72. The summed E-state index contributed by atoms with van der Waals surface area (Å²) < 4.78 is 0. The van der Waals surface area contributed by atoms with E-state index in [-0.39, 0.29) is 16.8 Å². The molecule has 20 heavy (non-hydrogen) atoms. The molecule has 0 saturated heterocycles. The van der Waals surface area contributed by atoms with Gasteiger partial charge < -0.3 is 4.90 Å². The van der Waals surface area contributed by atoms with Gasteiger partial charge in [0.25, 0.3) is 5.91 Å². The molecule has 0 fully saturated rings. The number of nitrogens with zero attached hydrogens (tertiary/aromatic N) is 2. The second-order valence-electron chi connectivity index (χ2n) is 4.55. The number of halogens is 2. The summed E-state index contributed by atoms with van der Waals surface area (Å²) in [6, 6.07) is 11.1. The van der Waals surface area contributed by atoms with Crippen molar-refractivity contribution in [3.8, 4) is 0 Å². The Hall–Kier alpha value is -1.58. The molecular weight excluding hydrogens is 295 g/mol. The van der Waals surface area contributed by atoms with E-state index in [1.165, 1.54) is 0 Å². The largest absolute Gasteiger partial charge is 0.336 e. The van der Waals surface area contributed by atoms with Crippen LogP contribution in [0, 0.1) is 6.92 Å². The molecule has 0 bridgehead atoms. The second-order valence-corrected chi connectivity index (χ2v) is 5.35. The molecule has 2 rings (SSSR count). The molecule has 0 radical (unpaired) electrons. The van der Waals surface area contributed by atoms with E-state index >= 15 is 0 Å². The predicted molar refractivity (Wildman–Crippen MR) is 81.2 cm³/mol. The number of carbonyl (C=O) groups is 1. The molecule has 0 aliphatic carbocycles. The lowest BCUT2D eigenvalue weighted by Crippen LogP contribution is -2.27. The van der Waals surface area contributed by atoms with Gasteiger partial charge in [-0.15, -0.1) is 0 Å². The zero-order valence-corrected chi connectivity index (χ0v) is 12.7. The Kier molecular flexibility index (Phi) is 4.63. The molecular formula is C15H14Cl2N2O. The molecule has 0 aliphatic rings. The van der Waals surface area contributed by atoms with Crippen LogP contribution in [-0.4, -0.2) is 22.8 Å². The van der Waals surface area contributed by atoms with Crippen LogP contribution in [0.5, 0.6) is 0 Å². The third kappa shape index (κ3) is 3.30. The molecule has 0 saturated carbocycles. The lowest BCUT2D eigenvalue weighted by Gasteiger charge is -2.18. The maximum absolute atomic E-state index is 12.4. The molecule has 3 nitrogen and oxygen atoms in total. The van der Waals surface area contributed by atoms with Gasteiger partial charge in [-0.1, -0.05) is 47.5 Å². The summed E-state index contributed by atoms with van der Waals surface area (Å²) in [5, 5.41) is 0.554. The fourth-order valence-corrected chi connectivity index (χ4v) is 2.20. The van der Waals surface area contributed by atoms with Gasteiger partial charge in [0.1, 0.15) is 10.8 Å². The van der Waals surface area contributed by atoms with Crippen molar-refractivity contribution in [2.45, 2.75) is 13.5 Å². The van der Waals surface area contributed by atoms with Crippen molar-refractivity contribution in [1.82, 2.24) is 9.88 Å². The van der Waals surface area contributed by atoms with Crippen LogP contribution in [0.25, 0.3) is 0 Å². The van der Waals surface area contributed by atoms with Crippen LogP contribution in [0.2, 0.25) is 10.2 Å². The van der Waals surface area contributed by atoms with Gasteiger partial charge in [-0.2, -0.15) is 0 Å². The monoisotopic (exact) mass is 308 g/mol. The number of hydrogen-bond acceptors (Lipinski definition) is 2. The normalized spacial score (nSPS) is 10.4. The Bertz CT molecular complexity index is 644. The fraction of sp³-hybridized carbons (Fsp3) is 0.200. The van der Waals surface area contributed by atoms with E-state index in [9.17, 15) is 4.79 Å². The molecule has 0 N–H and O–H groups in total. The van der Waals surface area contributed by atoms with Crippen LogP contribution in [0.4, 0.5) is 0 Å². The molecule has 1 heterocycles. The van der Waals surface area contributed by atoms with Crippen LogP contribution in [0.3, 0.4) is 0 Å². The number of aryl methyl sites for hydroxylation is 1. The van der Waals surface area contributed by atoms with Gasteiger partial charge in [-0.05, 0) is 30.2 Å². The number of carbonyl (C=O) groups excluding carboxylic acids is 1. The highest BCUT2D eigenvalue weighted by atomic mass is 35.5. The number of rotatable bonds is 3. The lowest BCUT2D eigenvalue weighted by molar-refractivity contribution is 0.0779. The van der Waals surface area contributed by atoms with Gasteiger partial charge >= 0.3 is 0 Å². The molecule has 2 aromatic rings. The standard InChI is InChI=1S/C15H14Cl2N2O/c1-10-5-3-4-6-11(10)9-19(2)15(20)14-12(16)7-8-13(17)18-14/h3-8H,9H2,1-2H3. The minimum absolute atomic E-state index is 0.176. The van der Waals surface area contributed by atoms with Gasteiger partial charge in [-0.3, -0.25) is 4.79 Å². The highest BCUT2D eigenvalue weighted by Gasteiger charge is 2.18. The molecule has 5 heteroatoms. The van der Waals surface area contributed by atoms with Gasteiger partial charge in [0.05, 0.1) is 5.02 Å². The summed E-state index contributed by atoms with van der Waals surface area (Å²) in [5.74, 6) is -0.249. The summed E-state index contributed by atoms with van der Waals surface area (Å²) in [4.78, 5) is 17.9. The van der Waals surface area contributed by atoms with Crippen molar-refractivity contribution >= 4 is 29.1 Å². The fourth-order valence-electron chi connectivity index (χ4n) is 1.86. The molecule has 1 aromatic carbocycles. The van der Waals surface area contributed by atoms with Crippen LogP contribution < -0.4 is 0 Å². The van der Waals surface area contributed by atoms with Crippen LogP contribution >= 0.6 is 23.2 Å². The van der Waals surface area contributed by atoms with Gasteiger partial charge in [0.15, 0.2) is 0 Å². The van der Waals surface area contributed by atoms with Crippen molar-refractivity contribution in [3.63, 3.8) is 0 Å². The quantitative estimate of drug-likeness (QED) is 0.804. The number of amides is 1. The summed E-state index contributed by atoms with van der Waals surface area (Å²) >= 11 is 11.8. The zero-order valence-electron chi connectivity index (χ0n) is 11.2. The van der Waals surface area contributed by atoms with Crippen LogP contribution in [0.15, 0.2) is 36.4 Å². The topological polar surface area (TPSA) is 33.2 Å². The van der Waals surface area contributed by atoms with Crippen molar-refractivity contribution in [2.24, 2.45) is 0 Å². The maximum atomic E-state index is 12.4. The number of pyridine rings is 1. The summed E-state index contributed by atoms with van der Waals surface area (Å²) in [6.07, 6.45) is 0. The van der Waals surface area contributed by atoms with Crippen molar-refractivity contribution < 1.29 is 4.79 Å². The highest BCUT2D eigenvalue weighted by Crippen LogP contribution is 2.19. The number of benzene rings is 1. The summed E-state index contributed by atoms with van der Waals surface area (Å²) in [6.45, 7) is 2.51. The van der Waals surface area contributed by atoms with E-state index in [1.54, 1.807) is 24.1 Å². The molecule has 1 amide bonds. The first-order valence-corrected chi connectivity index (χ1v) is 6.86. The van der Waals surface area contributed by atoms with Crippen molar-refractivity contribution in [2.75, 3.05) is 7.05 Å². The molecule has 0 atom stereocenters. The van der Waals surface area contributed by atoms with E-state index in [1.807, 2.05) is 31.2 Å². The first-order valence-electron chi connectivity index (χ1n) is 6.11. The number of aromatic nitrogens is 1. The Morgan fingerprint density at radius 3 is 2.60 bits per heavy atom. The van der Waals surface area contributed by atoms with Crippen LogP contribution in [-0.2, 0) is 6.54 Å². The average Bonchev–Trinajstić information content (AvgIpc) is 2.43. The van der Waals surface area contributed by atoms with E-state index in [4.69, 9.17) is 23.2 Å². The minimum Gasteiger partial charge on any atom is -0.336 e. The lowest BCUT2D eigenvalue weighted by atomic mass is 10.1. The minimum atomic E-state index is -0.249. The highest BCUT2D eigenvalue weighted by molar-refractivity contribution is 6.34. The molecule has 1 aromatic heterocycles. The molecule has 0 spiro atoms. The van der Waals surface area contributed by atoms with Crippen LogP contribution in [0.1, 0.15) is 21.6 Å². The first-order chi connectivity index (χ1) is 9.49. The zero-order chi connectivity index (χ0) is 14.7. The molecule has 104 valence electrons. The molecule has 0 aliphatic heterocycles. The van der Waals surface area contributed by atoms with E-state index in [0.29, 0.717) is 11.6 Å². The Morgan fingerprint density at radius 1 is 1.20 bits per heavy atom. The van der Waals surface area contributed by atoms with Gasteiger partial charge in [0.2, 0.25) is 0 Å². The first kappa shape index (κ1) is 14.8. The SMILES string of the molecule is Cc1ccccc1CN(C)C(=O)c1nc(Cl)ccc1Cl. The van der Waals surface area contributed by atoms with Gasteiger partial charge in [0, 0.05) is 13.6 Å². The van der Waals surface area contributed by atoms with E-state index in [0.717, 1.165) is 11.1 Å². The predicted octanol–water partition coefficient (Wildman–Crippen LogP) is 3.97. The Balaban J connectivity index is 2.21. The number of hydrogen-bond donors (Lipinski definition) is 0. The van der Waals surface area contributed by atoms with Crippen molar-refractivity contribution in [1.29, 1.82) is 0 Å². The van der Waals surface area contributed by atoms with Crippen molar-refractivity contribution in [3.05, 3.63) is 63.4 Å².